The summed E-state index contributed by atoms with van der Waals surface area (Å²) >= 11 is 0. The molecule has 1 aromatic heterocycles. The van der Waals surface area contributed by atoms with Gasteiger partial charge in [-0.25, -0.2) is 0 Å². The molecule has 2 aromatic rings. The molecule has 25 heavy (non-hydrogen) atoms. The molecule has 2 heterocycles. The molecule has 1 aromatic carbocycles. The number of rotatable bonds is 5. The van der Waals surface area contributed by atoms with E-state index >= 15 is 0 Å². The van der Waals surface area contributed by atoms with E-state index in [0.29, 0.717) is 37.3 Å². The van der Waals surface area contributed by atoms with Gasteiger partial charge in [-0.15, -0.1) is 0 Å². The predicted molar refractivity (Wildman–Crippen MR) is 90.8 cm³/mol. The third kappa shape index (κ3) is 3.60. The summed E-state index contributed by atoms with van der Waals surface area (Å²) < 4.78 is 5.34. The number of hydrogen-bond donors (Lipinski definition) is 3. The number of benzene rings is 1. The first kappa shape index (κ1) is 17.3. The number of nitrogens with one attached hydrogen (secondary N) is 2. The smallest absolute Gasteiger partial charge is 0.314 e. The zero-order valence-corrected chi connectivity index (χ0v) is 13.5. The van der Waals surface area contributed by atoms with E-state index < -0.39 is 16.0 Å². The topological polar surface area (TPSA) is 147 Å². The van der Waals surface area contributed by atoms with Crippen LogP contribution in [0, 0.1) is 10.1 Å². The van der Waals surface area contributed by atoms with E-state index in [1.807, 2.05) is 0 Å². The molecule has 1 atom stereocenters. The van der Waals surface area contributed by atoms with Crippen LogP contribution in [0.4, 0.5) is 5.69 Å². The van der Waals surface area contributed by atoms with Crippen molar-refractivity contribution in [3.8, 4) is 0 Å². The van der Waals surface area contributed by atoms with Crippen LogP contribution in [-0.2, 0) is 11.2 Å². The Morgan fingerprint density at radius 3 is 2.56 bits per heavy atom. The maximum Gasteiger partial charge on any atom is 0.314 e. The number of aromatic nitrogens is 2. The van der Waals surface area contributed by atoms with Crippen LogP contribution in [0.3, 0.4) is 0 Å². The summed E-state index contributed by atoms with van der Waals surface area (Å²) in [7, 11) is 0. The molecule has 1 aliphatic heterocycles. The zero-order valence-electron chi connectivity index (χ0n) is 13.5. The maximum absolute atomic E-state index is 11.7. The number of nitrogens with two attached hydrogens (primary N) is 1. The van der Waals surface area contributed by atoms with Crippen molar-refractivity contribution in [2.45, 2.75) is 12.5 Å². The zero-order chi connectivity index (χ0) is 18.0. The molecule has 3 rings (SSSR count). The average Bonchev–Trinajstić information content (AvgIpc) is 2.61. The molecule has 134 valence electrons. The van der Waals surface area contributed by atoms with E-state index in [1.54, 1.807) is 0 Å². The van der Waals surface area contributed by atoms with Crippen LogP contribution < -0.4 is 16.9 Å². The van der Waals surface area contributed by atoms with Gasteiger partial charge in [0.25, 0.3) is 5.69 Å². The normalized spacial score (nSPS) is 16.8. The molecule has 1 aliphatic rings. The number of fused-ring (bicyclic) bond motifs is 1. The Morgan fingerprint density at radius 1 is 1.24 bits per heavy atom. The molecule has 0 spiro atoms. The van der Waals surface area contributed by atoms with E-state index in [2.05, 4.69) is 14.9 Å². The lowest BCUT2D eigenvalue weighted by Crippen LogP contribution is -2.48. The first-order valence-corrected chi connectivity index (χ1v) is 7.95. The van der Waals surface area contributed by atoms with Crippen LogP contribution in [0.25, 0.3) is 11.0 Å². The van der Waals surface area contributed by atoms with Crippen molar-refractivity contribution in [2.75, 3.05) is 32.8 Å². The van der Waals surface area contributed by atoms with E-state index in [9.17, 15) is 19.7 Å². The highest BCUT2D eigenvalue weighted by molar-refractivity contribution is 5.80. The van der Waals surface area contributed by atoms with Crippen molar-refractivity contribution in [1.29, 1.82) is 0 Å². The lowest BCUT2D eigenvalue weighted by molar-refractivity contribution is -0.384. The Morgan fingerprint density at radius 2 is 1.92 bits per heavy atom. The van der Waals surface area contributed by atoms with Crippen molar-refractivity contribution in [1.82, 2.24) is 14.9 Å². The van der Waals surface area contributed by atoms with E-state index in [0.717, 1.165) is 13.1 Å². The van der Waals surface area contributed by atoms with Gasteiger partial charge < -0.3 is 20.4 Å². The standard InChI is InChI=1S/C15H19N5O5/c16-8-11(19-1-3-25-4-2-19)6-9-5-10(20(23)24)7-12-13(9)18-15(22)14(21)17-12/h5,7,11H,1-4,6,8,16H2,(H,17,21)(H,18,22). The lowest BCUT2D eigenvalue weighted by Gasteiger charge is -2.34. The minimum Gasteiger partial charge on any atom is -0.379 e. The van der Waals surface area contributed by atoms with Gasteiger partial charge >= 0.3 is 11.1 Å². The maximum atomic E-state index is 11.7. The van der Waals surface area contributed by atoms with Gasteiger partial charge in [0.15, 0.2) is 0 Å². The number of aromatic amines is 2. The van der Waals surface area contributed by atoms with Gasteiger partial charge in [0.1, 0.15) is 0 Å². The molecule has 10 heteroatoms. The Kier molecular flexibility index (Phi) is 4.93. The second-order valence-corrected chi connectivity index (χ2v) is 5.93. The number of nitrogens with zero attached hydrogens (tertiary/aromatic N) is 2. The van der Waals surface area contributed by atoms with Gasteiger partial charge in [-0.05, 0) is 12.0 Å². The van der Waals surface area contributed by atoms with Crippen molar-refractivity contribution >= 4 is 16.7 Å². The minimum atomic E-state index is -0.845. The van der Waals surface area contributed by atoms with Crippen molar-refractivity contribution in [3.63, 3.8) is 0 Å². The molecule has 0 saturated carbocycles. The summed E-state index contributed by atoms with van der Waals surface area (Å²) in [5, 5.41) is 11.2. The van der Waals surface area contributed by atoms with Crippen molar-refractivity contribution < 1.29 is 9.66 Å². The highest BCUT2D eigenvalue weighted by Crippen LogP contribution is 2.23. The summed E-state index contributed by atoms with van der Waals surface area (Å²) in [6.45, 7) is 3.02. The number of hydrogen-bond acceptors (Lipinski definition) is 7. The molecule has 1 saturated heterocycles. The number of nitro groups is 1. The van der Waals surface area contributed by atoms with Crippen molar-refractivity contribution in [2.24, 2.45) is 5.73 Å². The highest BCUT2D eigenvalue weighted by Gasteiger charge is 2.23. The van der Waals surface area contributed by atoms with Crippen molar-refractivity contribution in [3.05, 3.63) is 48.5 Å². The second-order valence-electron chi connectivity index (χ2n) is 5.93. The highest BCUT2D eigenvalue weighted by atomic mass is 16.6. The van der Waals surface area contributed by atoms with Gasteiger partial charge in [0.05, 0.1) is 29.2 Å². The van der Waals surface area contributed by atoms with Crippen LogP contribution >= 0.6 is 0 Å². The lowest BCUT2D eigenvalue weighted by atomic mass is 10.0. The number of ether oxygens (including phenoxy) is 1. The van der Waals surface area contributed by atoms with Crippen LogP contribution in [0.5, 0.6) is 0 Å². The third-order valence-corrected chi connectivity index (χ3v) is 4.40. The van der Waals surface area contributed by atoms with E-state index in [1.165, 1.54) is 12.1 Å². The summed E-state index contributed by atoms with van der Waals surface area (Å²) in [4.78, 5) is 41.0. The van der Waals surface area contributed by atoms with Gasteiger partial charge in [-0.2, -0.15) is 0 Å². The monoisotopic (exact) mass is 349 g/mol. The van der Waals surface area contributed by atoms with Gasteiger partial charge in [-0.3, -0.25) is 24.6 Å². The quantitative estimate of drug-likeness (QED) is 0.368. The predicted octanol–water partition coefficient (Wildman–Crippen LogP) is -0.673. The Bertz CT molecular complexity index is 899. The summed E-state index contributed by atoms with van der Waals surface area (Å²) in [5.74, 6) is 0. The largest absolute Gasteiger partial charge is 0.379 e. The van der Waals surface area contributed by atoms with Crippen LogP contribution in [-0.4, -0.2) is 58.7 Å². The number of non-ortho nitro benzene ring substituents is 1. The Balaban J connectivity index is 2.06. The summed E-state index contributed by atoms with van der Waals surface area (Å²) in [5.41, 5.74) is 5.30. The molecule has 0 bridgehead atoms. The molecule has 0 aliphatic carbocycles. The summed E-state index contributed by atoms with van der Waals surface area (Å²) in [6, 6.07) is 2.60. The fraction of sp³-hybridized carbons (Fsp3) is 0.467. The number of H-pyrrole nitrogens is 2. The SMILES string of the molecule is NCC(Cc1cc([N+](=O)[O-])cc2[nH]c(=O)c(=O)[nH]c12)N1CCOCC1. The summed E-state index contributed by atoms with van der Waals surface area (Å²) in [6.07, 6.45) is 0.413. The molecule has 10 nitrogen and oxygen atoms in total. The van der Waals surface area contributed by atoms with Crippen LogP contribution in [0.1, 0.15) is 5.56 Å². The van der Waals surface area contributed by atoms with Crippen LogP contribution in [0.2, 0.25) is 0 Å². The molecular formula is C15H19N5O5. The first-order chi connectivity index (χ1) is 12.0. The Hall–Kier alpha value is -2.56. The van der Waals surface area contributed by atoms with Gasteiger partial charge in [0.2, 0.25) is 0 Å². The molecule has 1 unspecified atom stereocenters. The van der Waals surface area contributed by atoms with E-state index in [-0.39, 0.29) is 17.2 Å². The number of morpholine rings is 1. The van der Waals surface area contributed by atoms with Crippen LogP contribution in [0.15, 0.2) is 21.7 Å². The molecular weight excluding hydrogens is 330 g/mol. The average molecular weight is 349 g/mol. The first-order valence-electron chi connectivity index (χ1n) is 7.95. The molecule has 1 fully saturated rings. The van der Waals surface area contributed by atoms with E-state index in [4.69, 9.17) is 10.5 Å². The molecule has 4 N–H and O–H groups in total. The fourth-order valence-electron chi connectivity index (χ4n) is 3.11. The minimum absolute atomic E-state index is 0.0514. The third-order valence-electron chi connectivity index (χ3n) is 4.40. The molecule has 0 amide bonds. The molecule has 0 radical (unpaired) electrons. The van der Waals surface area contributed by atoms with Gasteiger partial charge in [-0.1, -0.05) is 0 Å². The van der Waals surface area contributed by atoms with Gasteiger partial charge in [0, 0.05) is 37.8 Å². The second kappa shape index (κ2) is 7.13. The fourth-order valence-corrected chi connectivity index (χ4v) is 3.11. The number of nitro benzene ring substituents is 1. The Labute approximate surface area is 141 Å².